The highest BCUT2D eigenvalue weighted by Crippen LogP contribution is 2.23. The lowest BCUT2D eigenvalue weighted by atomic mass is 10.2. The third-order valence-electron chi connectivity index (χ3n) is 3.92. The van der Waals surface area contributed by atoms with Crippen LogP contribution in [0.3, 0.4) is 0 Å². The van der Waals surface area contributed by atoms with Crippen LogP contribution in [0.1, 0.15) is 10.4 Å². The van der Waals surface area contributed by atoms with Crippen molar-refractivity contribution in [1.82, 2.24) is 14.6 Å². The minimum absolute atomic E-state index is 0.0583. The number of hydrogen-bond donors (Lipinski definition) is 1. The largest absolute Gasteiger partial charge is 0.378 e. The van der Waals surface area contributed by atoms with Gasteiger partial charge in [0, 0.05) is 23.8 Å². The van der Waals surface area contributed by atoms with Gasteiger partial charge in [-0.2, -0.15) is 4.52 Å². The number of halogens is 1. The number of carbonyl (C=O) groups is 1. The van der Waals surface area contributed by atoms with Crippen molar-refractivity contribution in [2.45, 2.75) is 0 Å². The number of morpholine rings is 1. The molecule has 1 saturated heterocycles. The summed E-state index contributed by atoms with van der Waals surface area (Å²) in [5.41, 5.74) is 0.0293. The molecule has 1 amide bonds. The summed E-state index contributed by atoms with van der Waals surface area (Å²) in [6.07, 6.45) is 1.30. The van der Waals surface area contributed by atoms with Crippen LogP contribution in [-0.4, -0.2) is 46.8 Å². The smallest absolute Gasteiger partial charge is 0.288 e. The second-order valence-corrected chi connectivity index (χ2v) is 7.38. The number of nitrogens with zero attached hydrogens (tertiary/aromatic N) is 4. The fourth-order valence-electron chi connectivity index (χ4n) is 2.57. The normalized spacial score (nSPS) is 14.6. The van der Waals surface area contributed by atoms with E-state index in [4.69, 9.17) is 4.74 Å². The number of aromatic nitrogens is 3. The van der Waals surface area contributed by atoms with E-state index in [9.17, 15) is 9.59 Å². The predicted molar refractivity (Wildman–Crippen MR) is 102 cm³/mol. The number of hydrogen-bond acceptors (Lipinski definition) is 7. The van der Waals surface area contributed by atoms with Crippen molar-refractivity contribution in [1.29, 1.82) is 0 Å². The number of fused-ring (bicyclic) bond motifs is 1. The standard InChI is InChI=1S/C16H14BrN5O3S/c17-11-3-1-2-4-12(11)19-13(23)10-9-18-15-22(14(10)24)20-16(26-15)21-5-7-25-8-6-21/h1-4,9H,5-8H2,(H,19,23). The summed E-state index contributed by atoms with van der Waals surface area (Å²) in [6.45, 7) is 2.67. The lowest BCUT2D eigenvalue weighted by molar-refractivity contribution is 0.102. The number of nitrogens with one attached hydrogen (secondary N) is 1. The fourth-order valence-corrected chi connectivity index (χ4v) is 3.86. The molecule has 1 fully saturated rings. The molecule has 0 atom stereocenters. The monoisotopic (exact) mass is 435 g/mol. The Kier molecular flexibility index (Phi) is 4.70. The zero-order valence-corrected chi connectivity index (χ0v) is 15.9. The van der Waals surface area contributed by atoms with E-state index in [1.807, 2.05) is 11.0 Å². The van der Waals surface area contributed by atoms with Gasteiger partial charge in [-0.3, -0.25) is 9.59 Å². The summed E-state index contributed by atoms with van der Waals surface area (Å²) in [6, 6.07) is 7.18. The van der Waals surface area contributed by atoms with E-state index < -0.39 is 11.5 Å². The Balaban J connectivity index is 1.66. The average Bonchev–Trinajstić information content (AvgIpc) is 3.10. The molecule has 3 aromatic rings. The van der Waals surface area contributed by atoms with Crippen LogP contribution in [0.25, 0.3) is 4.96 Å². The highest BCUT2D eigenvalue weighted by Gasteiger charge is 2.20. The molecular formula is C16H14BrN5O3S. The van der Waals surface area contributed by atoms with Gasteiger partial charge in [0.15, 0.2) is 0 Å². The minimum atomic E-state index is -0.523. The summed E-state index contributed by atoms with van der Waals surface area (Å²) >= 11 is 4.68. The summed E-state index contributed by atoms with van der Waals surface area (Å²) in [5, 5.41) is 7.75. The first-order valence-electron chi connectivity index (χ1n) is 7.91. The topological polar surface area (TPSA) is 88.8 Å². The van der Waals surface area contributed by atoms with E-state index in [0.717, 1.165) is 4.47 Å². The highest BCUT2D eigenvalue weighted by atomic mass is 79.9. The first-order chi connectivity index (χ1) is 12.6. The van der Waals surface area contributed by atoms with Gasteiger partial charge >= 0.3 is 0 Å². The highest BCUT2D eigenvalue weighted by molar-refractivity contribution is 9.10. The molecule has 0 bridgehead atoms. The number of anilines is 2. The molecule has 134 valence electrons. The SMILES string of the molecule is O=C(Nc1ccccc1Br)c1cnc2sc(N3CCOCC3)nn2c1=O. The van der Waals surface area contributed by atoms with Crippen LogP contribution in [0.2, 0.25) is 0 Å². The number of ether oxygens (including phenoxy) is 1. The summed E-state index contributed by atoms with van der Waals surface area (Å²) < 4.78 is 7.24. The number of benzene rings is 1. The molecule has 8 nitrogen and oxygen atoms in total. The Morgan fingerprint density at radius 2 is 2.04 bits per heavy atom. The maximum Gasteiger partial charge on any atom is 0.288 e. The third-order valence-corrected chi connectivity index (χ3v) is 5.60. The number of para-hydroxylation sites is 1. The van der Waals surface area contributed by atoms with E-state index in [2.05, 4.69) is 31.3 Å². The first-order valence-corrected chi connectivity index (χ1v) is 9.52. The number of rotatable bonds is 3. The van der Waals surface area contributed by atoms with Crippen LogP contribution >= 0.6 is 27.3 Å². The zero-order valence-electron chi connectivity index (χ0n) is 13.5. The Labute approximate surface area is 160 Å². The molecule has 0 saturated carbocycles. The fraction of sp³-hybridized carbons (Fsp3) is 0.250. The molecule has 0 aliphatic carbocycles. The van der Waals surface area contributed by atoms with E-state index in [1.165, 1.54) is 22.0 Å². The molecule has 3 heterocycles. The van der Waals surface area contributed by atoms with Crippen molar-refractivity contribution >= 4 is 49.0 Å². The first kappa shape index (κ1) is 17.1. The van der Waals surface area contributed by atoms with Crippen molar-refractivity contribution in [2.24, 2.45) is 0 Å². The number of amides is 1. The van der Waals surface area contributed by atoms with Gasteiger partial charge < -0.3 is 15.0 Å². The van der Waals surface area contributed by atoms with Crippen LogP contribution in [0, 0.1) is 0 Å². The molecular weight excluding hydrogens is 422 g/mol. The summed E-state index contributed by atoms with van der Waals surface area (Å²) in [7, 11) is 0. The van der Waals surface area contributed by atoms with Crippen LogP contribution in [0.5, 0.6) is 0 Å². The Bertz CT molecular complexity index is 1030. The van der Waals surface area contributed by atoms with Crippen molar-refractivity contribution in [3.63, 3.8) is 0 Å². The van der Waals surface area contributed by atoms with E-state index in [-0.39, 0.29) is 5.56 Å². The molecule has 4 rings (SSSR count). The van der Waals surface area contributed by atoms with Crippen LogP contribution in [0.15, 0.2) is 39.7 Å². The van der Waals surface area contributed by atoms with Gasteiger partial charge in [-0.25, -0.2) is 4.98 Å². The second-order valence-electron chi connectivity index (χ2n) is 5.59. The van der Waals surface area contributed by atoms with Crippen LogP contribution < -0.4 is 15.8 Å². The van der Waals surface area contributed by atoms with Gasteiger partial charge in [0.05, 0.1) is 18.9 Å². The Morgan fingerprint density at radius 3 is 2.81 bits per heavy atom. The van der Waals surface area contributed by atoms with Gasteiger partial charge in [0.25, 0.3) is 11.5 Å². The average molecular weight is 436 g/mol. The molecule has 10 heteroatoms. The summed E-state index contributed by atoms with van der Waals surface area (Å²) in [4.78, 5) is 31.9. The minimum Gasteiger partial charge on any atom is -0.378 e. The van der Waals surface area contributed by atoms with Gasteiger partial charge in [0.2, 0.25) is 10.1 Å². The van der Waals surface area contributed by atoms with E-state index >= 15 is 0 Å². The molecule has 1 aromatic carbocycles. The zero-order chi connectivity index (χ0) is 18.1. The van der Waals surface area contributed by atoms with E-state index in [0.29, 0.717) is 42.1 Å². The molecule has 0 spiro atoms. The van der Waals surface area contributed by atoms with Gasteiger partial charge in [0.1, 0.15) is 5.56 Å². The maximum absolute atomic E-state index is 12.7. The summed E-state index contributed by atoms with van der Waals surface area (Å²) in [5.74, 6) is -0.523. The molecule has 2 aromatic heterocycles. The lowest BCUT2D eigenvalue weighted by Crippen LogP contribution is -2.36. The maximum atomic E-state index is 12.7. The van der Waals surface area contributed by atoms with Crippen molar-refractivity contribution in [3.8, 4) is 0 Å². The molecule has 1 aliphatic rings. The third kappa shape index (κ3) is 3.22. The van der Waals surface area contributed by atoms with Gasteiger partial charge in [-0.1, -0.05) is 23.5 Å². The van der Waals surface area contributed by atoms with Gasteiger partial charge in [-0.05, 0) is 28.1 Å². The van der Waals surface area contributed by atoms with Crippen molar-refractivity contribution in [3.05, 3.63) is 50.9 Å². The molecule has 1 aliphatic heterocycles. The molecule has 26 heavy (non-hydrogen) atoms. The molecule has 0 unspecified atom stereocenters. The lowest BCUT2D eigenvalue weighted by Gasteiger charge is -2.25. The molecule has 1 N–H and O–H groups in total. The second kappa shape index (κ2) is 7.14. The van der Waals surface area contributed by atoms with Crippen LogP contribution in [0.4, 0.5) is 10.8 Å². The van der Waals surface area contributed by atoms with Gasteiger partial charge in [-0.15, -0.1) is 5.10 Å². The number of carbonyl (C=O) groups excluding carboxylic acids is 1. The predicted octanol–water partition coefficient (Wildman–Crippen LogP) is 2.00. The van der Waals surface area contributed by atoms with Crippen LogP contribution in [-0.2, 0) is 4.74 Å². The Morgan fingerprint density at radius 1 is 1.27 bits per heavy atom. The van der Waals surface area contributed by atoms with Crippen molar-refractivity contribution in [2.75, 3.05) is 36.5 Å². The van der Waals surface area contributed by atoms with Crippen molar-refractivity contribution < 1.29 is 9.53 Å². The van der Waals surface area contributed by atoms with E-state index in [1.54, 1.807) is 18.2 Å². The Hall–Kier alpha value is -2.30. The molecule has 0 radical (unpaired) electrons. The quantitative estimate of drug-likeness (QED) is 0.676.